The first kappa shape index (κ1) is 57.4. The molecule has 6 heteroatoms. The normalized spacial score (nSPS) is 11.9. The third-order valence-corrected chi connectivity index (χ3v) is 12.0. The van der Waals surface area contributed by atoms with E-state index in [0.29, 0.717) is 19.3 Å². The van der Waals surface area contributed by atoms with Gasteiger partial charge in [0.2, 0.25) is 0 Å². The molecule has 0 aromatic carbocycles. The molecule has 0 saturated carbocycles. The molecular formula is C53H102O6. The lowest BCUT2D eigenvalue weighted by Crippen LogP contribution is -2.30. The Labute approximate surface area is 368 Å². The molecule has 0 unspecified atom stereocenters. The Bertz CT molecular complexity index is 887. The van der Waals surface area contributed by atoms with Crippen LogP contribution < -0.4 is 0 Å². The highest BCUT2D eigenvalue weighted by atomic mass is 16.6. The van der Waals surface area contributed by atoms with E-state index in [1.165, 1.54) is 193 Å². The van der Waals surface area contributed by atoms with Crippen molar-refractivity contribution in [2.75, 3.05) is 13.2 Å². The highest BCUT2D eigenvalue weighted by molar-refractivity contribution is 5.71. The van der Waals surface area contributed by atoms with Gasteiger partial charge in [0.1, 0.15) is 13.2 Å². The van der Waals surface area contributed by atoms with Gasteiger partial charge in [-0.25, -0.2) is 0 Å². The number of rotatable bonds is 48. The van der Waals surface area contributed by atoms with Crippen molar-refractivity contribution >= 4 is 17.9 Å². The van der Waals surface area contributed by atoms with Crippen LogP contribution in [0.4, 0.5) is 0 Å². The molecule has 0 rings (SSSR count). The van der Waals surface area contributed by atoms with Gasteiger partial charge in [0.05, 0.1) is 0 Å². The largest absolute Gasteiger partial charge is 0.462 e. The molecule has 0 aliphatic carbocycles. The lowest BCUT2D eigenvalue weighted by atomic mass is 10.0. The van der Waals surface area contributed by atoms with Gasteiger partial charge in [-0.15, -0.1) is 0 Å². The monoisotopic (exact) mass is 835 g/mol. The highest BCUT2D eigenvalue weighted by Crippen LogP contribution is 2.17. The third-order valence-electron chi connectivity index (χ3n) is 12.0. The summed E-state index contributed by atoms with van der Waals surface area (Å²) in [6, 6.07) is 0. The summed E-state index contributed by atoms with van der Waals surface area (Å²) in [5, 5.41) is 0. The maximum absolute atomic E-state index is 12.8. The number of unbranched alkanes of at least 4 members (excludes halogenated alkanes) is 35. The summed E-state index contributed by atoms with van der Waals surface area (Å²) in [5.41, 5.74) is 0. The van der Waals surface area contributed by atoms with E-state index in [-0.39, 0.29) is 31.1 Å². The molecule has 0 heterocycles. The van der Waals surface area contributed by atoms with Crippen LogP contribution in [0.5, 0.6) is 0 Å². The summed E-state index contributed by atoms with van der Waals surface area (Å²) in [6.45, 7) is 9.02. The Kier molecular flexibility index (Phi) is 46.2. The fourth-order valence-electron chi connectivity index (χ4n) is 8.04. The molecule has 0 aliphatic heterocycles. The van der Waals surface area contributed by atoms with Crippen LogP contribution in [0.3, 0.4) is 0 Å². The summed E-state index contributed by atoms with van der Waals surface area (Å²) in [5.74, 6) is -0.0187. The Balaban J connectivity index is 4.29. The zero-order valence-corrected chi connectivity index (χ0v) is 40.2. The minimum Gasteiger partial charge on any atom is -0.462 e. The molecule has 1 atom stereocenters. The van der Waals surface area contributed by atoms with E-state index in [0.717, 1.165) is 63.7 Å². The van der Waals surface area contributed by atoms with Crippen LogP contribution in [0.2, 0.25) is 0 Å². The van der Waals surface area contributed by atoms with Gasteiger partial charge < -0.3 is 14.2 Å². The van der Waals surface area contributed by atoms with Crippen LogP contribution in [-0.2, 0) is 28.6 Å². The third kappa shape index (κ3) is 47.3. The summed E-state index contributed by atoms with van der Waals surface area (Å²) in [6.07, 6.45) is 49.4. The maximum atomic E-state index is 12.8. The average Bonchev–Trinajstić information content (AvgIpc) is 3.22. The molecule has 6 nitrogen and oxygen atoms in total. The second-order valence-electron chi connectivity index (χ2n) is 18.6. The number of carbonyl (C=O) groups is 3. The first-order valence-electron chi connectivity index (χ1n) is 26.4. The molecule has 0 aromatic heterocycles. The minimum atomic E-state index is -0.760. The lowest BCUT2D eigenvalue weighted by molar-refractivity contribution is -0.167. The van der Waals surface area contributed by atoms with Crippen molar-refractivity contribution in [2.45, 2.75) is 303 Å². The molecule has 0 radical (unpaired) electrons. The van der Waals surface area contributed by atoms with Crippen LogP contribution in [0.15, 0.2) is 0 Å². The molecule has 0 fully saturated rings. The Morgan fingerprint density at radius 3 is 0.831 bits per heavy atom. The lowest BCUT2D eigenvalue weighted by Gasteiger charge is -2.18. The van der Waals surface area contributed by atoms with Crippen LogP contribution in [0, 0.1) is 5.92 Å². The van der Waals surface area contributed by atoms with Crippen molar-refractivity contribution in [1.82, 2.24) is 0 Å². The molecule has 0 amide bonds. The van der Waals surface area contributed by atoms with E-state index in [1.54, 1.807) is 0 Å². The zero-order chi connectivity index (χ0) is 43.1. The van der Waals surface area contributed by atoms with Gasteiger partial charge in [-0.05, 0) is 25.2 Å². The Morgan fingerprint density at radius 2 is 0.559 bits per heavy atom. The second-order valence-corrected chi connectivity index (χ2v) is 18.6. The molecule has 0 saturated heterocycles. The Hall–Kier alpha value is -1.59. The van der Waals surface area contributed by atoms with Crippen molar-refractivity contribution in [3.8, 4) is 0 Å². The van der Waals surface area contributed by atoms with E-state index in [4.69, 9.17) is 14.2 Å². The van der Waals surface area contributed by atoms with Gasteiger partial charge in [0, 0.05) is 19.3 Å². The molecule has 0 spiro atoms. The van der Waals surface area contributed by atoms with Crippen LogP contribution in [0.25, 0.3) is 0 Å². The van der Waals surface area contributed by atoms with Gasteiger partial charge in [0.25, 0.3) is 0 Å². The van der Waals surface area contributed by atoms with Gasteiger partial charge in [-0.3, -0.25) is 14.4 Å². The number of carbonyl (C=O) groups excluding carboxylic acids is 3. The fourth-order valence-corrected chi connectivity index (χ4v) is 8.04. The van der Waals surface area contributed by atoms with Gasteiger partial charge in [-0.1, -0.05) is 259 Å². The van der Waals surface area contributed by atoms with Crippen molar-refractivity contribution in [1.29, 1.82) is 0 Å². The summed E-state index contributed by atoms with van der Waals surface area (Å²) in [7, 11) is 0. The van der Waals surface area contributed by atoms with Crippen LogP contribution >= 0.6 is 0 Å². The fraction of sp³-hybridized carbons (Fsp3) is 0.943. The number of hydrogen-bond donors (Lipinski definition) is 0. The first-order valence-corrected chi connectivity index (χ1v) is 26.4. The SMILES string of the molecule is CCCCCCCCCCCCCCCCCCC(=O)OC[C@@H](COC(=O)CCCCCCCCCCCCC)OC(=O)CCCCCCCCCCCCCC(C)C. The van der Waals surface area contributed by atoms with Crippen molar-refractivity contribution < 1.29 is 28.6 Å². The molecular weight excluding hydrogens is 733 g/mol. The summed E-state index contributed by atoms with van der Waals surface area (Å²) >= 11 is 0. The van der Waals surface area contributed by atoms with Gasteiger partial charge in [-0.2, -0.15) is 0 Å². The van der Waals surface area contributed by atoms with Gasteiger partial charge >= 0.3 is 17.9 Å². The molecule has 0 bridgehead atoms. The minimum absolute atomic E-state index is 0.0626. The maximum Gasteiger partial charge on any atom is 0.306 e. The van der Waals surface area contributed by atoms with Gasteiger partial charge in [0.15, 0.2) is 6.10 Å². The Morgan fingerprint density at radius 1 is 0.322 bits per heavy atom. The molecule has 350 valence electrons. The quantitative estimate of drug-likeness (QED) is 0.0345. The van der Waals surface area contributed by atoms with Crippen LogP contribution in [-0.4, -0.2) is 37.2 Å². The molecule has 59 heavy (non-hydrogen) atoms. The predicted molar refractivity (Wildman–Crippen MR) is 252 cm³/mol. The zero-order valence-electron chi connectivity index (χ0n) is 40.2. The van der Waals surface area contributed by atoms with E-state index >= 15 is 0 Å². The van der Waals surface area contributed by atoms with Crippen LogP contribution in [0.1, 0.15) is 297 Å². The predicted octanol–water partition coefficient (Wildman–Crippen LogP) is 17.1. The topological polar surface area (TPSA) is 78.9 Å². The first-order chi connectivity index (χ1) is 28.9. The smallest absolute Gasteiger partial charge is 0.306 e. The van der Waals surface area contributed by atoms with Crippen molar-refractivity contribution in [3.05, 3.63) is 0 Å². The number of hydrogen-bond acceptors (Lipinski definition) is 6. The molecule has 0 N–H and O–H groups in total. The van der Waals surface area contributed by atoms with Crippen molar-refractivity contribution in [2.24, 2.45) is 5.92 Å². The molecule has 0 aromatic rings. The highest BCUT2D eigenvalue weighted by Gasteiger charge is 2.19. The van der Waals surface area contributed by atoms with E-state index in [9.17, 15) is 14.4 Å². The van der Waals surface area contributed by atoms with Crippen molar-refractivity contribution in [3.63, 3.8) is 0 Å². The number of ether oxygens (including phenoxy) is 3. The second kappa shape index (κ2) is 47.5. The average molecular weight is 835 g/mol. The standard InChI is InChI=1S/C53H102O6/c1-5-7-9-11-13-15-17-18-19-20-21-25-29-33-37-41-45-52(55)58-48-50(47-57-51(54)44-40-36-32-28-23-16-14-12-10-8-6-2)59-53(56)46-42-38-34-30-26-22-24-27-31-35-39-43-49(3)4/h49-50H,5-48H2,1-4H3/t50-/m1/s1. The number of esters is 3. The van der Waals surface area contributed by atoms with E-state index in [1.807, 2.05) is 0 Å². The van der Waals surface area contributed by atoms with E-state index in [2.05, 4.69) is 27.7 Å². The summed E-state index contributed by atoms with van der Waals surface area (Å²) < 4.78 is 16.8. The molecule has 0 aliphatic rings. The van der Waals surface area contributed by atoms with E-state index < -0.39 is 6.10 Å². The summed E-state index contributed by atoms with van der Waals surface area (Å²) in [4.78, 5) is 37.9.